The van der Waals surface area contributed by atoms with Gasteiger partial charge in [-0.3, -0.25) is 4.68 Å². The van der Waals surface area contributed by atoms with Crippen LogP contribution in [-0.4, -0.2) is 28.5 Å². The van der Waals surface area contributed by atoms with Crippen molar-refractivity contribution < 1.29 is 4.74 Å². The zero-order valence-corrected chi connectivity index (χ0v) is 13.1. The molecule has 0 fully saturated rings. The van der Waals surface area contributed by atoms with Gasteiger partial charge in [-0.1, -0.05) is 20.8 Å². The van der Waals surface area contributed by atoms with Crippen molar-refractivity contribution in [2.45, 2.75) is 58.6 Å². The standard InChI is InChI=1S/C15H29N3O/c1-6-11-16-14(13-10-12-18(5)17-13)15(7-2,8-3)19-9-4/h10,12,14,16H,6-9,11H2,1-5H3. The summed E-state index contributed by atoms with van der Waals surface area (Å²) in [5, 5.41) is 8.21. The van der Waals surface area contributed by atoms with E-state index >= 15 is 0 Å². The van der Waals surface area contributed by atoms with Crippen LogP contribution in [0.1, 0.15) is 58.7 Å². The molecule has 0 saturated heterocycles. The molecule has 0 aliphatic carbocycles. The monoisotopic (exact) mass is 267 g/mol. The average Bonchev–Trinajstić information content (AvgIpc) is 2.84. The Morgan fingerprint density at radius 3 is 2.42 bits per heavy atom. The lowest BCUT2D eigenvalue weighted by Crippen LogP contribution is -2.46. The summed E-state index contributed by atoms with van der Waals surface area (Å²) in [6.45, 7) is 10.4. The summed E-state index contributed by atoms with van der Waals surface area (Å²) >= 11 is 0. The summed E-state index contributed by atoms with van der Waals surface area (Å²) in [4.78, 5) is 0. The van der Waals surface area contributed by atoms with Crippen LogP contribution in [-0.2, 0) is 11.8 Å². The number of ether oxygens (including phenoxy) is 1. The second-order valence-corrected chi connectivity index (χ2v) is 5.01. The minimum Gasteiger partial charge on any atom is -0.373 e. The molecule has 4 heteroatoms. The Morgan fingerprint density at radius 1 is 1.32 bits per heavy atom. The number of rotatable bonds is 9. The predicted octanol–water partition coefficient (Wildman–Crippen LogP) is 3.06. The average molecular weight is 267 g/mol. The lowest BCUT2D eigenvalue weighted by Gasteiger charge is -2.39. The fourth-order valence-corrected chi connectivity index (χ4v) is 2.67. The molecule has 4 nitrogen and oxygen atoms in total. The van der Waals surface area contributed by atoms with Crippen molar-refractivity contribution in [2.75, 3.05) is 13.2 Å². The Balaban J connectivity index is 3.05. The summed E-state index contributed by atoms with van der Waals surface area (Å²) in [5.74, 6) is 0. The Labute approximate surface area is 117 Å². The molecule has 1 rings (SSSR count). The third-order valence-corrected chi connectivity index (χ3v) is 3.78. The van der Waals surface area contributed by atoms with E-state index in [0.717, 1.165) is 38.1 Å². The molecule has 110 valence electrons. The SMILES string of the molecule is CCCNC(c1ccn(C)n1)C(CC)(CC)OCC. The maximum atomic E-state index is 6.14. The molecule has 0 aliphatic heterocycles. The van der Waals surface area contributed by atoms with E-state index in [9.17, 15) is 0 Å². The maximum absolute atomic E-state index is 6.14. The van der Waals surface area contributed by atoms with Gasteiger partial charge in [-0.2, -0.15) is 5.10 Å². The van der Waals surface area contributed by atoms with Crippen molar-refractivity contribution in [3.05, 3.63) is 18.0 Å². The van der Waals surface area contributed by atoms with Crippen molar-refractivity contribution in [3.63, 3.8) is 0 Å². The fourth-order valence-electron chi connectivity index (χ4n) is 2.67. The Bertz CT molecular complexity index is 358. The van der Waals surface area contributed by atoms with Crippen molar-refractivity contribution >= 4 is 0 Å². The summed E-state index contributed by atoms with van der Waals surface area (Å²) in [6, 6.07) is 2.25. The van der Waals surface area contributed by atoms with E-state index < -0.39 is 0 Å². The lowest BCUT2D eigenvalue weighted by atomic mass is 9.86. The Kier molecular flexibility index (Phi) is 6.52. The highest BCUT2D eigenvalue weighted by atomic mass is 16.5. The highest BCUT2D eigenvalue weighted by molar-refractivity contribution is 5.12. The van der Waals surface area contributed by atoms with Gasteiger partial charge in [-0.25, -0.2) is 0 Å². The zero-order chi connectivity index (χ0) is 14.3. The first kappa shape index (κ1) is 16.2. The van der Waals surface area contributed by atoms with Gasteiger partial charge in [-0.15, -0.1) is 0 Å². The molecule has 1 aromatic heterocycles. The van der Waals surface area contributed by atoms with Crippen LogP contribution < -0.4 is 5.32 Å². The van der Waals surface area contributed by atoms with Gasteiger partial charge in [-0.05, 0) is 38.8 Å². The van der Waals surface area contributed by atoms with Crippen molar-refractivity contribution in [1.82, 2.24) is 15.1 Å². The third kappa shape index (κ3) is 3.80. The molecule has 0 aromatic carbocycles. The quantitative estimate of drug-likeness (QED) is 0.747. The topological polar surface area (TPSA) is 39.1 Å². The van der Waals surface area contributed by atoms with Gasteiger partial charge in [0, 0.05) is 19.9 Å². The van der Waals surface area contributed by atoms with Crippen molar-refractivity contribution in [1.29, 1.82) is 0 Å². The van der Waals surface area contributed by atoms with E-state index in [4.69, 9.17) is 4.74 Å². The van der Waals surface area contributed by atoms with E-state index in [0.29, 0.717) is 0 Å². The van der Waals surface area contributed by atoms with Crippen molar-refractivity contribution in [3.8, 4) is 0 Å². The fraction of sp³-hybridized carbons (Fsp3) is 0.800. The highest BCUT2D eigenvalue weighted by Gasteiger charge is 2.38. The summed E-state index contributed by atoms with van der Waals surface area (Å²) in [5.41, 5.74) is 0.909. The number of hydrogen-bond donors (Lipinski definition) is 1. The first-order chi connectivity index (χ1) is 9.13. The van der Waals surface area contributed by atoms with Gasteiger partial charge >= 0.3 is 0 Å². The number of hydrogen-bond acceptors (Lipinski definition) is 3. The Hall–Kier alpha value is -0.870. The van der Waals surface area contributed by atoms with E-state index in [1.54, 1.807) is 0 Å². The van der Waals surface area contributed by atoms with E-state index in [2.05, 4.69) is 44.2 Å². The van der Waals surface area contributed by atoms with Crippen LogP contribution in [0.3, 0.4) is 0 Å². The molecule has 0 bridgehead atoms. The van der Waals surface area contributed by atoms with Gasteiger partial charge in [0.1, 0.15) is 0 Å². The van der Waals surface area contributed by atoms with Gasteiger partial charge < -0.3 is 10.1 Å². The van der Waals surface area contributed by atoms with Crippen LogP contribution in [0.4, 0.5) is 0 Å². The number of nitrogens with one attached hydrogen (secondary N) is 1. The largest absolute Gasteiger partial charge is 0.373 e. The number of aryl methyl sites for hydroxylation is 1. The molecule has 19 heavy (non-hydrogen) atoms. The highest BCUT2D eigenvalue weighted by Crippen LogP contribution is 2.34. The first-order valence-electron chi connectivity index (χ1n) is 7.50. The van der Waals surface area contributed by atoms with E-state index in [1.165, 1.54) is 0 Å². The Morgan fingerprint density at radius 2 is 2.00 bits per heavy atom. The van der Waals surface area contributed by atoms with Crippen LogP contribution in [0.5, 0.6) is 0 Å². The molecule has 0 radical (unpaired) electrons. The van der Waals surface area contributed by atoms with Crippen LogP contribution in [0.2, 0.25) is 0 Å². The number of nitrogens with zero attached hydrogens (tertiary/aromatic N) is 2. The third-order valence-electron chi connectivity index (χ3n) is 3.78. The molecule has 1 N–H and O–H groups in total. The van der Waals surface area contributed by atoms with E-state index in [1.807, 2.05) is 17.9 Å². The van der Waals surface area contributed by atoms with Gasteiger partial charge in [0.25, 0.3) is 0 Å². The maximum Gasteiger partial charge on any atom is 0.0887 e. The van der Waals surface area contributed by atoms with E-state index in [-0.39, 0.29) is 11.6 Å². The van der Waals surface area contributed by atoms with Crippen LogP contribution in [0.25, 0.3) is 0 Å². The normalized spacial score (nSPS) is 13.7. The second-order valence-electron chi connectivity index (χ2n) is 5.01. The zero-order valence-electron chi connectivity index (χ0n) is 13.1. The first-order valence-corrected chi connectivity index (χ1v) is 7.50. The van der Waals surface area contributed by atoms with Crippen molar-refractivity contribution in [2.24, 2.45) is 7.05 Å². The minimum atomic E-state index is -0.168. The molecule has 1 heterocycles. The molecule has 0 aliphatic rings. The molecular weight excluding hydrogens is 238 g/mol. The molecular formula is C15H29N3O. The smallest absolute Gasteiger partial charge is 0.0887 e. The molecule has 1 aromatic rings. The minimum absolute atomic E-state index is 0.156. The number of aromatic nitrogens is 2. The second kappa shape index (κ2) is 7.65. The molecule has 1 atom stereocenters. The van der Waals surface area contributed by atoms with Gasteiger partial charge in [0.05, 0.1) is 17.3 Å². The van der Waals surface area contributed by atoms with Gasteiger partial charge in [0.15, 0.2) is 0 Å². The predicted molar refractivity (Wildman–Crippen MR) is 79.2 cm³/mol. The van der Waals surface area contributed by atoms with Crippen LogP contribution in [0, 0.1) is 0 Å². The molecule has 0 saturated carbocycles. The lowest BCUT2D eigenvalue weighted by molar-refractivity contribution is -0.0742. The molecule has 0 spiro atoms. The summed E-state index contributed by atoms with van der Waals surface area (Å²) in [7, 11) is 1.96. The van der Waals surface area contributed by atoms with Gasteiger partial charge in [0.2, 0.25) is 0 Å². The van der Waals surface area contributed by atoms with Crippen LogP contribution in [0.15, 0.2) is 12.3 Å². The molecule has 1 unspecified atom stereocenters. The summed E-state index contributed by atoms with van der Waals surface area (Å²) in [6.07, 6.45) is 5.07. The summed E-state index contributed by atoms with van der Waals surface area (Å²) < 4.78 is 8.00. The molecule has 0 amide bonds. The van der Waals surface area contributed by atoms with Crippen LogP contribution >= 0.6 is 0 Å².